The minimum absolute atomic E-state index is 0.213. The summed E-state index contributed by atoms with van der Waals surface area (Å²) in [6.07, 6.45) is 1.70. The molecule has 0 atom stereocenters. The first-order valence-corrected chi connectivity index (χ1v) is 11.2. The van der Waals surface area contributed by atoms with Crippen LogP contribution in [0.4, 0.5) is 0 Å². The van der Waals surface area contributed by atoms with Gasteiger partial charge in [0.15, 0.2) is 15.0 Å². The molecule has 0 saturated heterocycles. The van der Waals surface area contributed by atoms with Crippen LogP contribution in [-0.4, -0.2) is 23.2 Å². The first kappa shape index (κ1) is 19.7. The summed E-state index contributed by atoms with van der Waals surface area (Å²) in [6.45, 7) is 4.18. The first-order valence-electron chi connectivity index (χ1n) is 8.17. The van der Waals surface area contributed by atoms with E-state index in [1.54, 1.807) is 41.0 Å². The molecule has 8 heteroatoms. The Balaban J connectivity index is 1.81. The number of nitrogens with zero attached hydrogens (tertiary/aromatic N) is 3. The molecule has 0 amide bonds. The van der Waals surface area contributed by atoms with E-state index < -0.39 is 9.84 Å². The summed E-state index contributed by atoms with van der Waals surface area (Å²) in [5.74, 6) is 0.837. The molecule has 27 heavy (non-hydrogen) atoms. The van der Waals surface area contributed by atoms with Gasteiger partial charge in [-0.2, -0.15) is 0 Å². The van der Waals surface area contributed by atoms with Crippen molar-refractivity contribution < 1.29 is 8.42 Å². The number of sulfone groups is 1. The van der Waals surface area contributed by atoms with Crippen LogP contribution in [0.5, 0.6) is 0 Å². The van der Waals surface area contributed by atoms with Crippen molar-refractivity contribution >= 4 is 33.2 Å². The normalized spacial score (nSPS) is 11.4. The number of aromatic nitrogens is 3. The largest absolute Gasteiger partial charge is 0.301 e. The average Bonchev–Trinajstić information content (AvgIpc) is 3.02. The van der Waals surface area contributed by atoms with E-state index in [1.165, 1.54) is 11.8 Å². The van der Waals surface area contributed by atoms with Gasteiger partial charge in [-0.05, 0) is 29.8 Å². The third-order valence-electron chi connectivity index (χ3n) is 3.78. The van der Waals surface area contributed by atoms with Crippen molar-refractivity contribution in [2.75, 3.05) is 0 Å². The minimum atomic E-state index is -3.50. The molecule has 1 heterocycles. The Bertz CT molecular complexity index is 1030. The number of allylic oxidation sites excluding steroid dienone is 1. The predicted molar refractivity (Wildman–Crippen MR) is 109 cm³/mol. The number of hydrogen-bond acceptors (Lipinski definition) is 5. The zero-order valence-electron chi connectivity index (χ0n) is 14.5. The van der Waals surface area contributed by atoms with E-state index in [4.69, 9.17) is 11.6 Å². The third-order valence-corrected chi connectivity index (χ3v) is 6.69. The Kier molecular flexibility index (Phi) is 6.36. The fraction of sp³-hybridized carbons (Fsp3) is 0.158. The second-order valence-electron chi connectivity index (χ2n) is 5.79. The highest BCUT2D eigenvalue weighted by Crippen LogP contribution is 2.25. The van der Waals surface area contributed by atoms with Crippen molar-refractivity contribution in [2.45, 2.75) is 28.1 Å². The highest BCUT2D eigenvalue weighted by Gasteiger charge is 2.21. The van der Waals surface area contributed by atoms with Gasteiger partial charge in [0.2, 0.25) is 0 Å². The lowest BCUT2D eigenvalue weighted by Crippen LogP contribution is -2.11. The molecule has 0 unspecified atom stereocenters. The number of rotatable bonds is 8. The van der Waals surface area contributed by atoms with Crippen LogP contribution in [0, 0.1) is 0 Å². The smallest absolute Gasteiger partial charge is 0.191 e. The van der Waals surface area contributed by atoms with Crippen molar-refractivity contribution in [2.24, 2.45) is 0 Å². The number of hydrogen-bond donors (Lipinski definition) is 0. The zero-order valence-corrected chi connectivity index (χ0v) is 16.8. The van der Waals surface area contributed by atoms with Gasteiger partial charge < -0.3 is 4.57 Å². The highest BCUT2D eigenvalue weighted by molar-refractivity contribution is 7.98. The maximum atomic E-state index is 12.7. The molecule has 0 aliphatic heterocycles. The van der Waals surface area contributed by atoms with Gasteiger partial charge in [0.05, 0.1) is 4.90 Å². The molecule has 0 radical (unpaired) electrons. The topological polar surface area (TPSA) is 64.8 Å². The molecule has 0 N–H and O–H groups in total. The molecule has 140 valence electrons. The SMILES string of the molecule is C=CCn1c(CS(=O)(=O)c2ccccc2)nnc1SCc1cccc(Cl)c1. The molecule has 5 nitrogen and oxygen atoms in total. The maximum absolute atomic E-state index is 12.7. The van der Waals surface area contributed by atoms with Crippen molar-refractivity contribution in [3.63, 3.8) is 0 Å². The minimum Gasteiger partial charge on any atom is -0.301 e. The number of benzene rings is 2. The summed E-state index contributed by atoms with van der Waals surface area (Å²) in [6, 6.07) is 15.9. The first-order chi connectivity index (χ1) is 13.0. The van der Waals surface area contributed by atoms with Gasteiger partial charge in [0.1, 0.15) is 11.6 Å². The summed E-state index contributed by atoms with van der Waals surface area (Å²) in [5, 5.41) is 9.62. The average molecular weight is 420 g/mol. The van der Waals surface area contributed by atoms with Crippen molar-refractivity contribution in [1.29, 1.82) is 0 Å². The van der Waals surface area contributed by atoms with Crippen molar-refractivity contribution in [1.82, 2.24) is 14.8 Å². The molecule has 0 fully saturated rings. The van der Waals surface area contributed by atoms with Gasteiger partial charge >= 0.3 is 0 Å². The summed E-state index contributed by atoms with van der Waals surface area (Å²) in [5.41, 5.74) is 1.05. The standard InChI is InChI=1S/C19H18ClN3O2S2/c1-2-11-23-18(14-27(24,25)17-9-4-3-5-10-17)21-22-19(23)26-13-15-7-6-8-16(20)12-15/h2-10,12H,1,11,13-14H2. The molecule has 0 aliphatic rings. The van der Waals surface area contributed by atoms with Gasteiger partial charge in [-0.1, -0.05) is 59.8 Å². The molecule has 2 aromatic carbocycles. The van der Waals surface area contributed by atoms with Crippen LogP contribution in [0.25, 0.3) is 0 Å². The zero-order chi connectivity index (χ0) is 19.3. The molecule has 3 aromatic rings. The fourth-order valence-electron chi connectivity index (χ4n) is 2.50. The lowest BCUT2D eigenvalue weighted by Gasteiger charge is -2.08. The predicted octanol–water partition coefficient (Wildman–Crippen LogP) is 4.38. The molecule has 3 rings (SSSR count). The summed E-state index contributed by atoms with van der Waals surface area (Å²) >= 11 is 7.50. The molecular formula is C19H18ClN3O2S2. The fourth-order valence-corrected chi connectivity index (χ4v) is 4.92. The maximum Gasteiger partial charge on any atom is 0.191 e. The van der Waals surface area contributed by atoms with Gasteiger partial charge in [-0.25, -0.2) is 8.42 Å². The van der Waals surface area contributed by atoms with Crippen LogP contribution in [0.1, 0.15) is 11.4 Å². The van der Waals surface area contributed by atoms with Crippen LogP contribution < -0.4 is 0 Å². The van der Waals surface area contributed by atoms with Crippen molar-refractivity contribution in [3.8, 4) is 0 Å². The van der Waals surface area contributed by atoms with E-state index >= 15 is 0 Å². The van der Waals surface area contributed by atoms with Gasteiger partial charge in [0, 0.05) is 17.3 Å². The molecular weight excluding hydrogens is 402 g/mol. The van der Waals surface area contributed by atoms with Gasteiger partial charge in [0.25, 0.3) is 0 Å². The van der Waals surface area contributed by atoms with Crippen LogP contribution in [-0.2, 0) is 27.9 Å². The molecule has 0 spiro atoms. The number of thioether (sulfide) groups is 1. The lowest BCUT2D eigenvalue weighted by atomic mass is 10.2. The monoisotopic (exact) mass is 419 g/mol. The van der Waals surface area contributed by atoms with Gasteiger partial charge in [-0.15, -0.1) is 16.8 Å². The van der Waals surface area contributed by atoms with Crippen LogP contribution in [0.2, 0.25) is 5.02 Å². The van der Waals surface area contributed by atoms with E-state index in [1.807, 2.05) is 24.3 Å². The van der Waals surface area contributed by atoms with Crippen LogP contribution >= 0.6 is 23.4 Å². The molecule has 1 aromatic heterocycles. The van der Waals surface area contributed by atoms with Crippen molar-refractivity contribution in [3.05, 3.63) is 83.7 Å². The number of halogens is 1. The third kappa shape index (κ3) is 5.00. The molecule has 0 aliphatic carbocycles. The summed E-state index contributed by atoms with van der Waals surface area (Å²) in [7, 11) is -3.50. The molecule has 0 bridgehead atoms. The second kappa shape index (κ2) is 8.73. The summed E-state index contributed by atoms with van der Waals surface area (Å²) in [4.78, 5) is 0.270. The van der Waals surface area contributed by atoms with Gasteiger partial charge in [-0.3, -0.25) is 0 Å². The van der Waals surface area contributed by atoms with Crippen LogP contribution in [0.15, 0.2) is 77.3 Å². The lowest BCUT2D eigenvalue weighted by molar-refractivity contribution is 0.590. The Morgan fingerprint density at radius 2 is 1.89 bits per heavy atom. The van der Waals surface area contributed by atoms with Crippen LogP contribution in [0.3, 0.4) is 0 Å². The summed E-state index contributed by atoms with van der Waals surface area (Å²) < 4.78 is 27.1. The molecule has 0 saturated carbocycles. The van der Waals surface area contributed by atoms with E-state index in [9.17, 15) is 8.42 Å². The van der Waals surface area contributed by atoms with E-state index in [0.717, 1.165) is 5.56 Å². The second-order valence-corrected chi connectivity index (χ2v) is 9.16. The van der Waals surface area contributed by atoms with E-state index in [2.05, 4.69) is 16.8 Å². The Morgan fingerprint density at radius 1 is 1.11 bits per heavy atom. The Morgan fingerprint density at radius 3 is 2.59 bits per heavy atom. The van der Waals surface area contributed by atoms with E-state index in [0.29, 0.717) is 28.3 Å². The highest BCUT2D eigenvalue weighted by atomic mass is 35.5. The Hall–Kier alpha value is -2.09. The van der Waals surface area contributed by atoms with E-state index in [-0.39, 0.29) is 10.6 Å². The Labute approximate surface area is 168 Å². The quantitative estimate of drug-likeness (QED) is 0.400.